The molecule has 74 heavy (non-hydrogen) atoms. The fourth-order valence-electron chi connectivity index (χ4n) is 6.76. The number of anilines is 1. The molecule has 0 amide bonds. The van der Waals surface area contributed by atoms with Crippen molar-refractivity contribution in [2.24, 2.45) is 40.9 Å². The first-order valence-electron chi connectivity index (χ1n) is 19.8. The predicted octanol–water partition coefficient (Wildman–Crippen LogP) is 8.31. The topological polar surface area (TPSA) is 480 Å². The number of rotatable bonds is 16. The summed E-state index contributed by atoms with van der Waals surface area (Å²) in [7, 11) is -25.1. The van der Waals surface area contributed by atoms with Gasteiger partial charge in [0.1, 0.15) is 48.0 Å². The van der Waals surface area contributed by atoms with Crippen molar-refractivity contribution in [3.05, 3.63) is 113 Å². The molecule has 0 unspecified atom stereocenters. The van der Waals surface area contributed by atoms with Crippen LogP contribution in [-0.4, -0.2) is 92.9 Å². The van der Waals surface area contributed by atoms with Gasteiger partial charge in [-0.3, -0.25) is 28.3 Å². The second kappa shape index (κ2) is 20.0. The van der Waals surface area contributed by atoms with E-state index in [-0.39, 0.29) is 22.0 Å². The van der Waals surface area contributed by atoms with Crippen molar-refractivity contribution in [1.29, 1.82) is 0 Å². The molecule has 0 aliphatic rings. The molecule has 0 radical (unpaired) electrons. The minimum Gasteiger partial charge on any atom is -0.505 e. The van der Waals surface area contributed by atoms with Crippen LogP contribution in [0.15, 0.2) is 169 Å². The Kier molecular flexibility index (Phi) is 14.5. The van der Waals surface area contributed by atoms with E-state index in [2.05, 4.69) is 40.9 Å². The lowest BCUT2D eigenvalue weighted by Gasteiger charge is -2.13. The van der Waals surface area contributed by atoms with Gasteiger partial charge in [-0.2, -0.15) is 49.0 Å². The Bertz CT molecular complexity index is 4220. The zero-order valence-electron chi connectivity index (χ0n) is 36.4. The van der Waals surface area contributed by atoms with Gasteiger partial charge in [0.05, 0.1) is 50.3 Å². The molecule has 7 aromatic rings. The molecular weight excluding hydrogens is 1080 g/mol. The van der Waals surface area contributed by atoms with E-state index in [0.717, 1.165) is 36.4 Å². The van der Waals surface area contributed by atoms with Gasteiger partial charge in [-0.05, 0) is 84.9 Å². The highest BCUT2D eigenvalue weighted by Gasteiger charge is 2.29. The van der Waals surface area contributed by atoms with Crippen LogP contribution in [0.2, 0.25) is 0 Å². The van der Waals surface area contributed by atoms with Crippen molar-refractivity contribution in [2.75, 3.05) is 18.1 Å². The highest BCUT2D eigenvalue weighted by atomic mass is 32.2. The molecule has 0 saturated heterocycles. The molecule has 0 spiro atoms. The molecule has 0 aromatic heterocycles. The Balaban J connectivity index is 1.26. The number of non-ortho nitro benzene ring substituents is 1. The lowest BCUT2D eigenvalue weighted by atomic mass is 10.1. The number of azo groups is 4. The smallest absolute Gasteiger partial charge is 0.297 e. The quantitative estimate of drug-likeness (QED) is 0.0148. The van der Waals surface area contributed by atoms with Crippen LogP contribution >= 0.6 is 0 Å². The van der Waals surface area contributed by atoms with Gasteiger partial charge < -0.3 is 21.1 Å². The standard InChI is InChI=1S/C40H30N10O19S5/c41-36-31(19-32(71(58,59)60)26-11-13-29(39(53)35(26)36)46-45-28-12-7-23(50(54)55)17-33(28)72(61,62)63)48-47-30-14-10-25-27(40(30)74(67,68)69)18-34(73(64,65)66)37(38(25)52)49-44-21-3-1-20(2-4-21)42-43-22-5-8-24(9-6-22)70(56,57)16-15-51/h1-14,17-19,51-53H,15-16,41H2,(H,58,59,60)(H,61,62,63)(H,64,65,66)(H,67,68,69). The second-order valence-electron chi connectivity index (χ2n) is 14.9. The third kappa shape index (κ3) is 11.4. The van der Waals surface area contributed by atoms with Gasteiger partial charge in [0, 0.05) is 28.3 Å². The van der Waals surface area contributed by atoms with E-state index >= 15 is 0 Å². The zero-order valence-corrected chi connectivity index (χ0v) is 40.5. The van der Waals surface area contributed by atoms with Crippen LogP contribution < -0.4 is 5.73 Å². The average Bonchev–Trinajstić information content (AvgIpc) is 3.31. The summed E-state index contributed by atoms with van der Waals surface area (Å²) in [6.07, 6.45) is 0. The van der Waals surface area contributed by atoms with Crippen LogP contribution in [0.1, 0.15) is 0 Å². The summed E-state index contributed by atoms with van der Waals surface area (Å²) < 4.78 is 165. The molecule has 0 aliphatic heterocycles. The highest BCUT2D eigenvalue weighted by Crippen LogP contribution is 2.48. The van der Waals surface area contributed by atoms with Crippen molar-refractivity contribution < 1.29 is 80.5 Å². The van der Waals surface area contributed by atoms with Crippen LogP contribution in [0.25, 0.3) is 21.5 Å². The van der Waals surface area contributed by atoms with E-state index in [1.54, 1.807) is 0 Å². The summed E-state index contributed by atoms with van der Waals surface area (Å²) in [4.78, 5) is 5.63. The number of aromatic hydroxyl groups is 2. The highest BCUT2D eigenvalue weighted by molar-refractivity contribution is 7.91. The maximum atomic E-state index is 13.0. The van der Waals surface area contributed by atoms with Crippen LogP contribution in [-0.2, 0) is 50.3 Å². The largest absolute Gasteiger partial charge is 0.505 e. The van der Waals surface area contributed by atoms with Crippen molar-refractivity contribution in [3.63, 3.8) is 0 Å². The predicted molar refractivity (Wildman–Crippen MR) is 257 cm³/mol. The number of sulfone groups is 1. The first-order chi connectivity index (χ1) is 34.5. The van der Waals surface area contributed by atoms with Crippen molar-refractivity contribution >= 4 is 129 Å². The summed E-state index contributed by atoms with van der Waals surface area (Å²) in [5.41, 5.74) is 1.60. The molecule has 7 aromatic carbocycles. The Morgan fingerprint density at radius 2 is 0.973 bits per heavy atom. The monoisotopic (exact) mass is 1110 g/mol. The number of phenols is 2. The van der Waals surface area contributed by atoms with Gasteiger partial charge in [-0.15, -0.1) is 25.6 Å². The van der Waals surface area contributed by atoms with Crippen LogP contribution in [0.5, 0.6) is 11.5 Å². The number of hydrogen-bond acceptors (Lipinski definition) is 24. The summed E-state index contributed by atoms with van der Waals surface area (Å²) in [6.45, 7) is -0.562. The van der Waals surface area contributed by atoms with Gasteiger partial charge in [-0.25, -0.2) is 8.42 Å². The number of hydrogen-bond donors (Lipinski definition) is 8. The number of phenolic OH excluding ortho intramolecular Hbond substituents is 2. The van der Waals surface area contributed by atoms with E-state index in [4.69, 9.17) is 10.8 Å². The minimum absolute atomic E-state index is 0.00753. The molecule has 9 N–H and O–H groups in total. The molecule has 0 fully saturated rings. The number of aliphatic hydroxyl groups excluding tert-OH is 1. The fourth-order valence-corrected chi connectivity index (χ4v) is 10.6. The number of nitro benzene ring substituents is 1. The molecule has 34 heteroatoms. The second-order valence-corrected chi connectivity index (χ2v) is 22.5. The Labute approximate surface area is 415 Å². The summed E-state index contributed by atoms with van der Waals surface area (Å²) in [5.74, 6) is -2.58. The van der Waals surface area contributed by atoms with Crippen molar-refractivity contribution in [1.82, 2.24) is 0 Å². The van der Waals surface area contributed by atoms with Crippen LogP contribution in [0, 0.1) is 10.1 Å². The lowest BCUT2D eigenvalue weighted by molar-refractivity contribution is -0.385. The molecule has 29 nitrogen and oxygen atoms in total. The molecule has 0 bridgehead atoms. The Hall–Kier alpha value is -8.19. The number of nitrogens with two attached hydrogens (primary N) is 1. The van der Waals surface area contributed by atoms with E-state index < -0.39 is 160 Å². The first kappa shape index (κ1) is 53.6. The first-order valence-corrected chi connectivity index (χ1v) is 27.2. The lowest BCUT2D eigenvalue weighted by Crippen LogP contribution is -2.09. The normalized spacial score (nSPS) is 13.1. The molecule has 0 saturated carbocycles. The van der Waals surface area contributed by atoms with Gasteiger partial charge in [0.2, 0.25) is 0 Å². The number of aliphatic hydroxyl groups is 1. The van der Waals surface area contributed by atoms with E-state index in [1.165, 1.54) is 48.5 Å². The SMILES string of the molecule is Nc1c(N=Nc2ccc3c(O)c(N=Nc4ccc(N=Nc5ccc(S(=O)(=O)CCO)cc5)cc4)c(S(=O)(=O)O)cc3c2S(=O)(=O)O)cc(S(=O)(=O)O)c2ccc(N=Nc3ccc([N+](=O)[O-])cc3S(=O)(=O)O)c(O)c12. The Morgan fingerprint density at radius 1 is 0.486 bits per heavy atom. The maximum absolute atomic E-state index is 13.0. The fraction of sp³-hybridized carbons (Fsp3) is 0.0500. The van der Waals surface area contributed by atoms with Gasteiger partial charge in [-0.1, -0.05) is 6.07 Å². The summed E-state index contributed by atoms with van der Waals surface area (Å²) >= 11 is 0. The maximum Gasteiger partial charge on any atom is 0.297 e. The molecule has 7 rings (SSSR count). The number of nitrogens with zero attached hydrogens (tertiary/aromatic N) is 9. The molecule has 0 heterocycles. The number of nitro groups is 1. The molecular formula is C40H30N10O19S5. The minimum atomic E-state index is -5.55. The summed E-state index contributed by atoms with van der Waals surface area (Å²) in [5, 5.41) is 70.8. The Morgan fingerprint density at radius 3 is 1.51 bits per heavy atom. The van der Waals surface area contributed by atoms with Gasteiger partial charge in [0.25, 0.3) is 46.2 Å². The van der Waals surface area contributed by atoms with Gasteiger partial charge >= 0.3 is 0 Å². The average molecular weight is 1120 g/mol. The number of fused-ring (bicyclic) bond motifs is 2. The molecule has 0 aliphatic carbocycles. The van der Waals surface area contributed by atoms with E-state index in [0.29, 0.717) is 18.2 Å². The number of benzene rings is 7. The van der Waals surface area contributed by atoms with Crippen molar-refractivity contribution in [3.8, 4) is 11.5 Å². The van der Waals surface area contributed by atoms with E-state index in [9.17, 15) is 80.6 Å². The van der Waals surface area contributed by atoms with Crippen LogP contribution in [0.3, 0.4) is 0 Å². The summed E-state index contributed by atoms with van der Waals surface area (Å²) in [6, 6.07) is 17.6. The third-order valence-electron chi connectivity index (χ3n) is 10.1. The molecule has 384 valence electrons. The van der Waals surface area contributed by atoms with Gasteiger partial charge in [0.15, 0.2) is 21.3 Å². The zero-order chi connectivity index (χ0) is 54.3. The van der Waals surface area contributed by atoms with Crippen LogP contribution in [0.4, 0.5) is 56.9 Å². The third-order valence-corrected chi connectivity index (χ3v) is 15.4. The van der Waals surface area contributed by atoms with Crippen molar-refractivity contribution in [2.45, 2.75) is 24.5 Å². The molecule has 0 atom stereocenters. The number of nitrogen functional groups attached to an aromatic ring is 1. The van der Waals surface area contributed by atoms with E-state index in [1.807, 2.05) is 0 Å².